The molecule has 16 heteroatoms. The molecule has 0 spiro atoms. The molecule has 1 aromatic carbocycles. The van der Waals surface area contributed by atoms with Crippen molar-refractivity contribution in [1.82, 2.24) is 39.7 Å². The van der Waals surface area contributed by atoms with E-state index >= 15 is 0 Å². The second-order valence-corrected chi connectivity index (χ2v) is 9.38. The van der Waals surface area contributed by atoms with E-state index < -0.39 is 30.3 Å². The average molecular weight is 567 g/mol. The van der Waals surface area contributed by atoms with Crippen LogP contribution in [-0.4, -0.2) is 88.2 Å². The summed E-state index contributed by atoms with van der Waals surface area (Å²) in [4.78, 5) is 39.1. The van der Waals surface area contributed by atoms with Crippen molar-refractivity contribution < 1.29 is 28.9 Å². The van der Waals surface area contributed by atoms with Crippen molar-refractivity contribution in [2.45, 2.75) is 57.7 Å². The SMILES string of the molecule is CCn1nnc([C@H]2OC[C@@H](OC(=O)Cn3cnc4c(N)nc(N[C@H](CO)Cc5ccccc5)nc43)[C@@H]2OC(C)=O)n1. The summed E-state index contributed by atoms with van der Waals surface area (Å²) in [6.45, 7) is 3.13. The van der Waals surface area contributed by atoms with Crippen molar-refractivity contribution >= 4 is 34.9 Å². The molecule has 1 fully saturated rings. The van der Waals surface area contributed by atoms with Crippen LogP contribution >= 0.6 is 0 Å². The number of fused-ring (bicyclic) bond motifs is 1. The quantitative estimate of drug-likeness (QED) is 0.205. The van der Waals surface area contributed by atoms with E-state index in [2.05, 4.69) is 35.7 Å². The van der Waals surface area contributed by atoms with E-state index in [9.17, 15) is 14.7 Å². The Labute approximate surface area is 233 Å². The molecule has 4 heterocycles. The lowest BCUT2D eigenvalue weighted by molar-refractivity contribution is -0.164. The molecule has 5 rings (SSSR count). The number of aromatic nitrogens is 8. The fraction of sp³-hybridized carbons (Fsp3) is 0.440. The van der Waals surface area contributed by atoms with Crippen LogP contribution in [0.25, 0.3) is 11.2 Å². The highest BCUT2D eigenvalue weighted by atomic mass is 16.6. The second-order valence-electron chi connectivity index (χ2n) is 9.38. The van der Waals surface area contributed by atoms with Gasteiger partial charge >= 0.3 is 11.9 Å². The highest BCUT2D eigenvalue weighted by molar-refractivity contribution is 5.84. The molecule has 4 N–H and O–H groups in total. The predicted octanol–water partition coefficient (Wildman–Crippen LogP) is 0.0454. The highest BCUT2D eigenvalue weighted by Gasteiger charge is 2.45. The molecule has 0 bridgehead atoms. The van der Waals surface area contributed by atoms with Crippen LogP contribution in [-0.2, 0) is 43.3 Å². The minimum atomic E-state index is -0.959. The van der Waals surface area contributed by atoms with Crippen LogP contribution in [0.4, 0.5) is 11.8 Å². The molecule has 0 unspecified atom stereocenters. The molecular formula is C25H30N10O6. The third-order valence-corrected chi connectivity index (χ3v) is 6.36. The summed E-state index contributed by atoms with van der Waals surface area (Å²) in [6, 6.07) is 9.29. The van der Waals surface area contributed by atoms with Gasteiger partial charge in [0.15, 0.2) is 29.8 Å². The number of nitrogens with zero attached hydrogens (tertiary/aromatic N) is 8. The van der Waals surface area contributed by atoms with Crippen molar-refractivity contribution in [2.75, 3.05) is 24.3 Å². The minimum absolute atomic E-state index is 0.0349. The molecule has 1 aliphatic rings. The van der Waals surface area contributed by atoms with Gasteiger partial charge in [-0.15, -0.1) is 10.2 Å². The van der Waals surface area contributed by atoms with E-state index in [0.717, 1.165) is 5.56 Å². The first-order valence-corrected chi connectivity index (χ1v) is 13.0. The van der Waals surface area contributed by atoms with Crippen LogP contribution in [0.2, 0.25) is 0 Å². The van der Waals surface area contributed by atoms with Crippen molar-refractivity contribution in [3.05, 3.63) is 48.0 Å². The predicted molar refractivity (Wildman–Crippen MR) is 142 cm³/mol. The van der Waals surface area contributed by atoms with Gasteiger partial charge < -0.3 is 34.9 Å². The summed E-state index contributed by atoms with van der Waals surface area (Å²) in [6.07, 6.45) is -0.775. The van der Waals surface area contributed by atoms with Crippen LogP contribution in [0.1, 0.15) is 31.3 Å². The number of rotatable bonds is 11. The second kappa shape index (κ2) is 12.2. The number of hydrogen-bond acceptors (Lipinski definition) is 14. The van der Waals surface area contributed by atoms with Gasteiger partial charge in [0.25, 0.3) is 0 Å². The van der Waals surface area contributed by atoms with Crippen molar-refractivity contribution in [3.8, 4) is 0 Å². The van der Waals surface area contributed by atoms with Crippen LogP contribution < -0.4 is 11.1 Å². The number of nitrogens with two attached hydrogens (primary N) is 1. The Balaban J connectivity index is 1.29. The van der Waals surface area contributed by atoms with Gasteiger partial charge in [0.1, 0.15) is 12.1 Å². The number of anilines is 2. The lowest BCUT2D eigenvalue weighted by Gasteiger charge is -2.21. The van der Waals surface area contributed by atoms with Gasteiger partial charge in [-0.25, -0.2) is 4.98 Å². The molecule has 0 radical (unpaired) electrons. The molecule has 3 aromatic heterocycles. The number of benzene rings is 1. The summed E-state index contributed by atoms with van der Waals surface area (Å²) in [5.74, 6) is -0.719. The number of nitrogen functional groups attached to an aromatic ring is 1. The smallest absolute Gasteiger partial charge is 0.326 e. The summed E-state index contributed by atoms with van der Waals surface area (Å²) in [5.41, 5.74) is 7.75. The topological polar surface area (TPSA) is 207 Å². The number of esters is 2. The van der Waals surface area contributed by atoms with E-state index in [0.29, 0.717) is 24.1 Å². The average Bonchev–Trinajstić information content (AvgIpc) is 3.68. The number of aliphatic hydroxyl groups excluding tert-OH is 1. The molecule has 0 aliphatic carbocycles. The number of imidazole rings is 1. The Hall–Kier alpha value is -4.70. The number of carbonyl (C=O) groups is 2. The van der Waals surface area contributed by atoms with Gasteiger partial charge in [0, 0.05) is 6.92 Å². The van der Waals surface area contributed by atoms with Gasteiger partial charge in [0.05, 0.1) is 32.1 Å². The highest BCUT2D eigenvalue weighted by Crippen LogP contribution is 2.31. The van der Waals surface area contributed by atoms with Gasteiger partial charge in [-0.3, -0.25) is 9.59 Å². The fourth-order valence-electron chi connectivity index (χ4n) is 4.47. The van der Waals surface area contributed by atoms with Gasteiger partial charge in [-0.1, -0.05) is 30.3 Å². The van der Waals surface area contributed by atoms with Crippen molar-refractivity contribution in [1.29, 1.82) is 0 Å². The zero-order chi connectivity index (χ0) is 28.9. The van der Waals surface area contributed by atoms with Crippen LogP contribution in [0.3, 0.4) is 0 Å². The molecule has 4 atom stereocenters. The van der Waals surface area contributed by atoms with E-state index in [1.807, 2.05) is 37.3 Å². The number of aryl methyl sites for hydroxylation is 1. The van der Waals surface area contributed by atoms with Gasteiger partial charge in [-0.2, -0.15) is 14.8 Å². The molecule has 1 aliphatic heterocycles. The summed E-state index contributed by atoms with van der Waals surface area (Å²) in [5, 5.41) is 25.1. The number of aliphatic hydroxyl groups is 1. The summed E-state index contributed by atoms with van der Waals surface area (Å²) in [7, 11) is 0. The zero-order valence-corrected chi connectivity index (χ0v) is 22.5. The first-order valence-electron chi connectivity index (χ1n) is 13.0. The number of tetrazole rings is 1. The summed E-state index contributed by atoms with van der Waals surface area (Å²) < 4.78 is 18.3. The molecule has 0 saturated carbocycles. The van der Waals surface area contributed by atoms with E-state index in [1.165, 1.54) is 22.6 Å². The lowest BCUT2D eigenvalue weighted by Crippen LogP contribution is -2.35. The maximum absolute atomic E-state index is 13.0. The van der Waals surface area contributed by atoms with E-state index in [-0.39, 0.29) is 43.4 Å². The third kappa shape index (κ3) is 6.38. The Bertz CT molecular complexity index is 1510. The van der Waals surface area contributed by atoms with Crippen molar-refractivity contribution in [2.24, 2.45) is 0 Å². The maximum Gasteiger partial charge on any atom is 0.326 e. The maximum atomic E-state index is 13.0. The Morgan fingerprint density at radius 2 is 2.05 bits per heavy atom. The minimum Gasteiger partial charge on any atom is -0.455 e. The number of nitrogens with one attached hydrogen (secondary N) is 1. The molecule has 16 nitrogen and oxygen atoms in total. The van der Waals surface area contributed by atoms with E-state index in [4.69, 9.17) is 19.9 Å². The van der Waals surface area contributed by atoms with Crippen LogP contribution in [0.15, 0.2) is 36.7 Å². The first-order chi connectivity index (χ1) is 19.8. The monoisotopic (exact) mass is 566 g/mol. The van der Waals surface area contributed by atoms with Crippen LogP contribution in [0.5, 0.6) is 0 Å². The number of carbonyl (C=O) groups excluding carboxylic acids is 2. The molecule has 1 saturated heterocycles. The Morgan fingerprint density at radius 1 is 1.24 bits per heavy atom. The fourth-order valence-corrected chi connectivity index (χ4v) is 4.47. The molecule has 0 amide bonds. The van der Waals surface area contributed by atoms with Crippen molar-refractivity contribution in [3.63, 3.8) is 0 Å². The third-order valence-electron chi connectivity index (χ3n) is 6.36. The molecule has 4 aromatic rings. The number of hydrogen-bond donors (Lipinski definition) is 3. The number of ether oxygens (including phenoxy) is 3. The largest absolute Gasteiger partial charge is 0.455 e. The Morgan fingerprint density at radius 3 is 2.76 bits per heavy atom. The summed E-state index contributed by atoms with van der Waals surface area (Å²) >= 11 is 0. The molecular weight excluding hydrogens is 536 g/mol. The normalized spacial score (nSPS) is 19.2. The van der Waals surface area contributed by atoms with Gasteiger partial charge in [0.2, 0.25) is 11.8 Å². The zero-order valence-electron chi connectivity index (χ0n) is 22.5. The molecule has 41 heavy (non-hydrogen) atoms. The van der Waals surface area contributed by atoms with Crippen LogP contribution in [0, 0.1) is 0 Å². The molecule has 216 valence electrons. The van der Waals surface area contributed by atoms with E-state index in [1.54, 1.807) is 0 Å². The van der Waals surface area contributed by atoms with Gasteiger partial charge in [-0.05, 0) is 24.1 Å². The Kier molecular flexibility index (Phi) is 8.30. The first kappa shape index (κ1) is 27.9. The standard InChI is InChI=1S/C25H30N10O6/c1-3-35-32-23(31-33-35)21-20(40-14(2)37)17(12-39-21)41-18(38)10-34-13-27-19-22(26)29-25(30-24(19)34)28-16(11-36)9-15-7-5-4-6-8-15/h4-8,13,16-17,20-21,36H,3,9-12H2,1-2H3,(H3,26,28,29,30)/t16-,17+,20-,21-/m0/s1. The lowest BCUT2D eigenvalue weighted by atomic mass is 10.1.